The van der Waals surface area contributed by atoms with Crippen LogP contribution in [0.25, 0.3) is 5.78 Å². The Morgan fingerprint density at radius 1 is 1.00 bits per heavy atom. The Morgan fingerprint density at radius 3 is 2.42 bits per heavy atom. The van der Waals surface area contributed by atoms with Crippen LogP contribution in [0.3, 0.4) is 0 Å². The van der Waals surface area contributed by atoms with Crippen molar-refractivity contribution in [2.75, 3.05) is 4.72 Å². The first-order valence-corrected chi connectivity index (χ1v) is 8.98. The molecule has 3 aromatic rings. The third kappa shape index (κ3) is 2.62. The molecule has 1 aromatic carbocycles. The van der Waals surface area contributed by atoms with Gasteiger partial charge in [-0.3, -0.25) is 4.72 Å². The predicted octanol–water partition coefficient (Wildman–Crippen LogP) is 2.47. The number of aryl methyl sites for hydroxylation is 3. The number of hydrogen-bond acceptors (Lipinski definition) is 5. The molecule has 126 valence electrons. The summed E-state index contributed by atoms with van der Waals surface area (Å²) in [5.74, 6) is 0.275. The van der Waals surface area contributed by atoms with Crippen molar-refractivity contribution in [2.45, 2.75) is 39.8 Å². The zero-order chi connectivity index (χ0) is 17.6. The normalized spacial score (nSPS) is 11.9. The summed E-state index contributed by atoms with van der Waals surface area (Å²) >= 11 is 0. The number of aromatic nitrogens is 4. The summed E-state index contributed by atoms with van der Waals surface area (Å²) in [5.41, 5.74) is 4.97. The molecule has 0 aliphatic carbocycles. The van der Waals surface area contributed by atoms with Gasteiger partial charge in [-0.15, -0.1) is 5.10 Å². The third-order valence-corrected chi connectivity index (χ3v) is 5.47. The number of sulfonamides is 1. The van der Waals surface area contributed by atoms with E-state index in [2.05, 4.69) is 19.8 Å². The number of rotatable bonds is 3. The van der Waals surface area contributed by atoms with E-state index in [-0.39, 0.29) is 10.9 Å². The minimum Gasteiger partial charge on any atom is -0.277 e. The number of anilines is 1. The molecule has 0 saturated heterocycles. The lowest BCUT2D eigenvalue weighted by Crippen LogP contribution is -2.16. The molecule has 0 aliphatic heterocycles. The molecule has 2 heterocycles. The lowest BCUT2D eigenvalue weighted by atomic mass is 10.1. The Morgan fingerprint density at radius 2 is 1.71 bits per heavy atom. The minimum atomic E-state index is -3.89. The van der Waals surface area contributed by atoms with Crippen molar-refractivity contribution >= 4 is 21.5 Å². The van der Waals surface area contributed by atoms with E-state index in [1.54, 1.807) is 12.1 Å². The van der Waals surface area contributed by atoms with E-state index in [1.165, 1.54) is 4.52 Å². The van der Waals surface area contributed by atoms with Gasteiger partial charge < -0.3 is 0 Å². The van der Waals surface area contributed by atoms with Crippen molar-refractivity contribution in [2.24, 2.45) is 0 Å². The van der Waals surface area contributed by atoms with Crippen LogP contribution in [0.1, 0.15) is 28.1 Å². The maximum Gasteiger partial charge on any atom is 0.299 e. The second-order valence-electron chi connectivity index (χ2n) is 5.87. The van der Waals surface area contributed by atoms with Gasteiger partial charge in [0.1, 0.15) is 0 Å². The van der Waals surface area contributed by atoms with E-state index in [0.717, 1.165) is 28.1 Å². The molecule has 0 amide bonds. The van der Waals surface area contributed by atoms with E-state index in [1.807, 2.05) is 40.7 Å². The van der Waals surface area contributed by atoms with E-state index >= 15 is 0 Å². The van der Waals surface area contributed by atoms with Gasteiger partial charge in [-0.25, -0.2) is 4.98 Å². The van der Waals surface area contributed by atoms with E-state index in [4.69, 9.17) is 0 Å². The van der Waals surface area contributed by atoms with E-state index < -0.39 is 10.0 Å². The molecule has 3 rings (SSSR count). The third-order valence-electron chi connectivity index (χ3n) is 4.33. The van der Waals surface area contributed by atoms with Crippen LogP contribution in [0.5, 0.6) is 0 Å². The fourth-order valence-electron chi connectivity index (χ4n) is 2.40. The van der Waals surface area contributed by atoms with Crippen LogP contribution in [0, 0.1) is 34.6 Å². The molecular weight excluding hydrogens is 326 g/mol. The van der Waals surface area contributed by atoms with Crippen molar-refractivity contribution in [3.8, 4) is 0 Å². The molecule has 0 atom stereocenters. The van der Waals surface area contributed by atoms with Crippen LogP contribution < -0.4 is 4.72 Å². The first kappa shape index (κ1) is 16.4. The summed E-state index contributed by atoms with van der Waals surface area (Å²) in [4.78, 5) is 8.39. The smallest absolute Gasteiger partial charge is 0.277 e. The highest BCUT2D eigenvalue weighted by Gasteiger charge is 2.23. The Kier molecular flexibility index (Phi) is 3.79. The molecule has 7 nitrogen and oxygen atoms in total. The Labute approximate surface area is 140 Å². The highest BCUT2D eigenvalue weighted by molar-refractivity contribution is 7.92. The van der Waals surface area contributed by atoms with E-state index in [9.17, 15) is 8.42 Å². The zero-order valence-electron chi connectivity index (χ0n) is 14.2. The SMILES string of the molecule is Cc1cccc(NS(=O)(=O)c2nc3nc(C)c(C)c(C)n3n2)c1C. The van der Waals surface area contributed by atoms with Gasteiger partial charge in [-0.2, -0.15) is 17.9 Å². The van der Waals surface area contributed by atoms with Gasteiger partial charge in [-0.05, 0) is 57.4 Å². The molecule has 1 N–H and O–H groups in total. The molecule has 0 radical (unpaired) electrons. The van der Waals surface area contributed by atoms with Gasteiger partial charge in [0.05, 0.1) is 5.69 Å². The molecular formula is C16H19N5O2S. The second kappa shape index (κ2) is 5.55. The standard InChI is InChI=1S/C16H19N5O2S/c1-9-7-6-8-14(10(9)2)20-24(22,23)16-18-15-17-12(4)11(3)13(5)21(15)19-16/h6-8,20H,1-5H3. The topological polar surface area (TPSA) is 89.2 Å². The van der Waals surface area contributed by atoms with Crippen LogP contribution in [-0.2, 0) is 10.0 Å². The number of hydrogen-bond donors (Lipinski definition) is 1. The zero-order valence-corrected chi connectivity index (χ0v) is 15.1. The number of fused-ring (bicyclic) bond motifs is 1. The van der Waals surface area contributed by atoms with Crippen molar-refractivity contribution in [1.82, 2.24) is 19.6 Å². The van der Waals surface area contributed by atoms with Crippen LogP contribution in [0.2, 0.25) is 0 Å². The van der Waals surface area contributed by atoms with Gasteiger partial charge in [0.2, 0.25) is 0 Å². The van der Waals surface area contributed by atoms with Gasteiger partial charge >= 0.3 is 0 Å². The fraction of sp³-hybridized carbons (Fsp3) is 0.312. The summed E-state index contributed by atoms with van der Waals surface area (Å²) < 4.78 is 29.3. The van der Waals surface area contributed by atoms with Crippen LogP contribution >= 0.6 is 0 Å². The van der Waals surface area contributed by atoms with Crippen LogP contribution in [0.4, 0.5) is 5.69 Å². The van der Waals surface area contributed by atoms with Crippen molar-refractivity contribution in [1.29, 1.82) is 0 Å². The first-order valence-electron chi connectivity index (χ1n) is 7.50. The number of nitrogens with zero attached hydrogens (tertiary/aromatic N) is 4. The molecule has 0 bridgehead atoms. The second-order valence-corrected chi connectivity index (χ2v) is 7.44. The summed E-state index contributed by atoms with van der Waals surface area (Å²) in [6.07, 6.45) is 0. The molecule has 0 saturated carbocycles. The van der Waals surface area contributed by atoms with Gasteiger partial charge in [0, 0.05) is 11.4 Å². The Hall–Kier alpha value is -2.48. The predicted molar refractivity (Wildman–Crippen MR) is 91.7 cm³/mol. The molecule has 8 heteroatoms. The summed E-state index contributed by atoms with van der Waals surface area (Å²) in [6.45, 7) is 9.43. The average Bonchev–Trinajstić information content (AvgIpc) is 2.94. The van der Waals surface area contributed by atoms with Crippen LogP contribution in [-0.4, -0.2) is 28.0 Å². The van der Waals surface area contributed by atoms with Crippen molar-refractivity contribution in [3.63, 3.8) is 0 Å². The molecule has 24 heavy (non-hydrogen) atoms. The fourth-order valence-corrected chi connectivity index (χ4v) is 3.40. The molecule has 0 fully saturated rings. The summed E-state index contributed by atoms with van der Waals surface area (Å²) in [5, 5.41) is 3.84. The van der Waals surface area contributed by atoms with Gasteiger partial charge in [-0.1, -0.05) is 12.1 Å². The van der Waals surface area contributed by atoms with Crippen molar-refractivity contribution in [3.05, 3.63) is 46.3 Å². The highest BCUT2D eigenvalue weighted by atomic mass is 32.2. The maximum absolute atomic E-state index is 12.6. The minimum absolute atomic E-state index is 0.275. The Balaban J connectivity index is 2.09. The molecule has 2 aromatic heterocycles. The molecule has 0 aliphatic rings. The summed E-state index contributed by atoms with van der Waals surface area (Å²) in [6, 6.07) is 5.44. The van der Waals surface area contributed by atoms with Crippen molar-refractivity contribution < 1.29 is 8.42 Å². The lowest BCUT2D eigenvalue weighted by molar-refractivity contribution is 0.592. The summed E-state index contributed by atoms with van der Waals surface area (Å²) in [7, 11) is -3.89. The monoisotopic (exact) mass is 345 g/mol. The van der Waals surface area contributed by atoms with Gasteiger partial charge in [0.15, 0.2) is 0 Å². The highest BCUT2D eigenvalue weighted by Crippen LogP contribution is 2.21. The van der Waals surface area contributed by atoms with Gasteiger partial charge in [0.25, 0.3) is 21.0 Å². The van der Waals surface area contributed by atoms with Crippen LogP contribution in [0.15, 0.2) is 23.4 Å². The largest absolute Gasteiger partial charge is 0.299 e. The molecule has 0 unspecified atom stereocenters. The quantitative estimate of drug-likeness (QED) is 0.787. The Bertz CT molecular complexity index is 1050. The first-order chi connectivity index (χ1) is 11.2. The molecule has 0 spiro atoms. The van der Waals surface area contributed by atoms with E-state index in [0.29, 0.717) is 5.69 Å². The average molecular weight is 345 g/mol. The maximum atomic E-state index is 12.6. The number of benzene rings is 1. The lowest BCUT2D eigenvalue weighted by Gasteiger charge is -2.09. The number of nitrogens with one attached hydrogen (secondary N) is 1.